The molecule has 0 aliphatic carbocycles. The lowest BCUT2D eigenvalue weighted by Crippen LogP contribution is -2.29. The number of benzene rings is 1. The van der Waals surface area contributed by atoms with E-state index in [0.717, 1.165) is 11.3 Å². The van der Waals surface area contributed by atoms with Crippen LogP contribution in [0.5, 0.6) is 0 Å². The van der Waals surface area contributed by atoms with Crippen molar-refractivity contribution in [2.24, 2.45) is 10.2 Å². The summed E-state index contributed by atoms with van der Waals surface area (Å²) in [7, 11) is -4.26. The molecular formula is C24H23N9O6S2. The molecule has 0 radical (unpaired) electrons. The predicted molar refractivity (Wildman–Crippen MR) is 147 cm³/mol. The monoisotopic (exact) mass is 597 g/mol. The van der Waals surface area contributed by atoms with Crippen LogP contribution in [0.2, 0.25) is 0 Å². The summed E-state index contributed by atoms with van der Waals surface area (Å²) in [5.74, 6) is -1.30. The summed E-state index contributed by atoms with van der Waals surface area (Å²) in [5.41, 5.74) is 2.97. The highest BCUT2D eigenvalue weighted by molar-refractivity contribution is 7.85. The number of nitrogens with one attached hydrogen (secondary N) is 2. The highest BCUT2D eigenvalue weighted by Gasteiger charge is 2.23. The largest absolute Gasteiger partial charge is 0.355 e. The van der Waals surface area contributed by atoms with Gasteiger partial charge in [0.1, 0.15) is 17.7 Å². The third-order valence-electron chi connectivity index (χ3n) is 5.98. The molecule has 4 N–H and O–H groups in total. The minimum atomic E-state index is -4.26. The van der Waals surface area contributed by atoms with Gasteiger partial charge in [0.2, 0.25) is 17.2 Å². The van der Waals surface area contributed by atoms with Crippen molar-refractivity contribution in [1.82, 2.24) is 25.1 Å². The number of nitriles is 1. The van der Waals surface area contributed by atoms with Crippen LogP contribution in [0.25, 0.3) is 21.7 Å². The van der Waals surface area contributed by atoms with E-state index < -0.39 is 34.1 Å². The van der Waals surface area contributed by atoms with Crippen molar-refractivity contribution in [2.45, 2.75) is 32.8 Å². The highest BCUT2D eigenvalue weighted by atomic mass is 32.2. The van der Waals surface area contributed by atoms with Gasteiger partial charge in [-0.15, -0.1) is 21.5 Å². The topological polar surface area (TPSA) is 212 Å². The quantitative estimate of drug-likeness (QED) is 0.0632. The average molecular weight is 598 g/mol. The smallest absolute Gasteiger partial charge is 0.265 e. The molecule has 41 heavy (non-hydrogen) atoms. The molecule has 0 aliphatic rings. The third-order valence-corrected chi connectivity index (χ3v) is 7.77. The number of H-pyrrole nitrogens is 1. The van der Waals surface area contributed by atoms with E-state index >= 15 is 0 Å². The zero-order valence-electron chi connectivity index (χ0n) is 21.7. The van der Waals surface area contributed by atoms with Crippen molar-refractivity contribution in [3.63, 3.8) is 0 Å². The lowest BCUT2D eigenvalue weighted by molar-refractivity contribution is -0.252. The number of fused-ring (bicyclic) bond motifs is 1. The second-order valence-corrected chi connectivity index (χ2v) is 11.4. The van der Waals surface area contributed by atoms with Crippen molar-refractivity contribution in [3.8, 4) is 17.3 Å². The SMILES string of the molecule is [C-]#[N+]c1c(N=Nc2c(-c3ccccc3COO)[nH]n3nc(C(C)CNC(=O)CCS(=O)(=O)O)nc23)sc(C#N)c1C. The van der Waals surface area contributed by atoms with Gasteiger partial charge in [-0.1, -0.05) is 31.2 Å². The number of thiophene rings is 1. The van der Waals surface area contributed by atoms with E-state index in [0.29, 0.717) is 33.1 Å². The second-order valence-electron chi connectivity index (χ2n) is 8.85. The Hall–Kier alpha value is -4.52. The van der Waals surface area contributed by atoms with Gasteiger partial charge >= 0.3 is 0 Å². The maximum absolute atomic E-state index is 12.0. The van der Waals surface area contributed by atoms with Crippen LogP contribution in [0, 0.1) is 24.8 Å². The first-order valence-electron chi connectivity index (χ1n) is 11.9. The molecule has 4 aromatic rings. The fraction of sp³-hybridized carbons (Fsp3) is 0.292. The van der Waals surface area contributed by atoms with Gasteiger partial charge in [-0.25, -0.2) is 14.7 Å². The highest BCUT2D eigenvalue weighted by Crippen LogP contribution is 2.43. The molecule has 212 valence electrons. The molecule has 3 heterocycles. The third kappa shape index (κ3) is 6.62. The molecule has 0 saturated carbocycles. The Labute approximate surface area is 237 Å². The molecule has 0 spiro atoms. The second kappa shape index (κ2) is 12.3. The van der Waals surface area contributed by atoms with Crippen LogP contribution in [-0.4, -0.2) is 56.2 Å². The van der Waals surface area contributed by atoms with Gasteiger partial charge in [0.25, 0.3) is 10.1 Å². The van der Waals surface area contributed by atoms with E-state index in [4.69, 9.17) is 16.4 Å². The number of carbonyl (C=O) groups excluding carboxylic acids is 1. The average Bonchev–Trinajstić information content (AvgIpc) is 3.60. The lowest BCUT2D eigenvalue weighted by atomic mass is 10.0. The van der Waals surface area contributed by atoms with Gasteiger partial charge in [0.05, 0.1) is 22.9 Å². The molecule has 17 heteroatoms. The van der Waals surface area contributed by atoms with E-state index in [1.165, 1.54) is 4.63 Å². The van der Waals surface area contributed by atoms with E-state index in [1.807, 2.05) is 0 Å². The van der Waals surface area contributed by atoms with Crippen LogP contribution in [0.4, 0.5) is 16.4 Å². The summed E-state index contributed by atoms with van der Waals surface area (Å²) in [6.07, 6.45) is -0.393. The van der Waals surface area contributed by atoms with E-state index in [9.17, 15) is 18.5 Å². The summed E-state index contributed by atoms with van der Waals surface area (Å²) in [6, 6.07) is 9.14. The Morgan fingerprint density at radius 3 is 2.83 bits per heavy atom. The van der Waals surface area contributed by atoms with Gasteiger partial charge in [0, 0.05) is 24.4 Å². The number of azo groups is 1. The molecule has 3 aromatic heterocycles. The summed E-state index contributed by atoms with van der Waals surface area (Å²) in [5, 5.41) is 37.6. The molecule has 0 fully saturated rings. The Bertz CT molecular complexity index is 1830. The maximum atomic E-state index is 12.0. The standard InChI is InChI=1S/C24H23N9O6S2/c1-13(11-27-18(34)8-9-41(36,37)38)22-28-23-21(29-30-24-19(26-3)14(2)17(10-25)40-24)20(31-33(23)32-22)16-7-5-4-6-15(16)12-39-35/h4-7,13,31,35H,8-9,11-12H2,1-2H3,(H,27,34)(H,36,37,38). The fourth-order valence-electron chi connectivity index (χ4n) is 3.84. The first-order valence-corrected chi connectivity index (χ1v) is 14.4. The molecular weight excluding hydrogens is 574 g/mol. The van der Waals surface area contributed by atoms with E-state index in [-0.39, 0.29) is 35.2 Å². The number of hydrogen-bond donors (Lipinski definition) is 4. The molecule has 15 nitrogen and oxygen atoms in total. The van der Waals surface area contributed by atoms with Crippen LogP contribution in [0.1, 0.15) is 41.1 Å². The Morgan fingerprint density at radius 1 is 1.39 bits per heavy atom. The zero-order valence-corrected chi connectivity index (χ0v) is 23.3. The van der Waals surface area contributed by atoms with Crippen LogP contribution in [0.15, 0.2) is 34.5 Å². The van der Waals surface area contributed by atoms with Crippen molar-refractivity contribution in [2.75, 3.05) is 12.3 Å². The summed E-state index contributed by atoms with van der Waals surface area (Å²) in [4.78, 5) is 24.8. The minimum Gasteiger partial charge on any atom is -0.355 e. The first-order chi connectivity index (χ1) is 19.6. The summed E-state index contributed by atoms with van der Waals surface area (Å²) in [6.45, 7) is 10.9. The van der Waals surface area contributed by atoms with Crippen LogP contribution >= 0.6 is 11.3 Å². The van der Waals surface area contributed by atoms with Crippen LogP contribution < -0.4 is 5.32 Å². The number of rotatable bonds is 11. The molecule has 0 bridgehead atoms. The van der Waals surface area contributed by atoms with Gasteiger partial charge in [-0.3, -0.25) is 19.7 Å². The van der Waals surface area contributed by atoms with Gasteiger partial charge < -0.3 is 5.32 Å². The Kier molecular flexibility index (Phi) is 8.86. The van der Waals surface area contributed by atoms with E-state index in [1.54, 1.807) is 38.1 Å². The van der Waals surface area contributed by atoms with E-state index in [2.05, 4.69) is 46.5 Å². The number of carbonyl (C=O) groups is 1. The maximum Gasteiger partial charge on any atom is 0.265 e. The Morgan fingerprint density at radius 2 is 2.15 bits per heavy atom. The molecule has 0 aliphatic heterocycles. The zero-order chi connectivity index (χ0) is 29.7. The van der Waals surface area contributed by atoms with Crippen molar-refractivity contribution >= 4 is 49.4 Å². The molecule has 0 saturated heterocycles. The van der Waals surface area contributed by atoms with Gasteiger partial charge in [-0.05, 0) is 18.1 Å². The molecule has 1 atom stereocenters. The summed E-state index contributed by atoms with van der Waals surface area (Å²) < 4.78 is 32.0. The number of aromatic nitrogens is 4. The number of aromatic amines is 1. The van der Waals surface area contributed by atoms with Crippen molar-refractivity contribution in [1.29, 1.82) is 5.26 Å². The normalized spacial score (nSPS) is 12.4. The van der Waals surface area contributed by atoms with Gasteiger partial charge in [-0.2, -0.15) is 23.4 Å². The number of amides is 1. The van der Waals surface area contributed by atoms with Crippen LogP contribution in [0.3, 0.4) is 0 Å². The number of nitrogens with zero attached hydrogens (tertiary/aromatic N) is 7. The number of hydrogen-bond acceptors (Lipinski definition) is 11. The molecule has 1 amide bonds. The Balaban J connectivity index is 1.72. The molecule has 1 unspecified atom stereocenters. The fourth-order valence-corrected chi connectivity index (χ4v) is 5.15. The lowest BCUT2D eigenvalue weighted by Gasteiger charge is -2.09. The van der Waals surface area contributed by atoms with Crippen molar-refractivity contribution < 1.29 is 27.9 Å². The van der Waals surface area contributed by atoms with Crippen LogP contribution in [-0.2, 0) is 26.4 Å². The molecule has 4 rings (SSSR count). The first kappa shape index (κ1) is 29.5. The predicted octanol–water partition coefficient (Wildman–Crippen LogP) is 4.42. The minimum absolute atomic E-state index is 0.0949. The van der Waals surface area contributed by atoms with Gasteiger partial charge in [0.15, 0.2) is 11.5 Å². The van der Waals surface area contributed by atoms with Crippen molar-refractivity contribution in [3.05, 3.63) is 57.5 Å². The summed E-state index contributed by atoms with van der Waals surface area (Å²) >= 11 is 1.04. The molecule has 1 aromatic carbocycles.